The summed E-state index contributed by atoms with van der Waals surface area (Å²) in [5.74, 6) is 0. The van der Waals surface area contributed by atoms with Crippen LogP contribution in [0.4, 0.5) is 0 Å². The number of nitrogens with one attached hydrogen (secondary N) is 1. The van der Waals surface area contributed by atoms with Crippen LogP contribution in [0.25, 0.3) is 0 Å². The lowest BCUT2D eigenvalue weighted by Gasteiger charge is -2.05. The van der Waals surface area contributed by atoms with Crippen molar-refractivity contribution >= 4 is 0 Å². The van der Waals surface area contributed by atoms with E-state index in [0.717, 1.165) is 39.0 Å². The Bertz CT molecular complexity index is 280. The molecule has 1 rings (SSSR count). The van der Waals surface area contributed by atoms with E-state index in [-0.39, 0.29) is 0 Å². The molecule has 0 bridgehead atoms. The van der Waals surface area contributed by atoms with Gasteiger partial charge in [0.15, 0.2) is 0 Å². The van der Waals surface area contributed by atoms with Crippen LogP contribution in [0.5, 0.6) is 0 Å². The molecule has 0 aliphatic heterocycles. The summed E-state index contributed by atoms with van der Waals surface area (Å²) in [7, 11) is 0. The van der Waals surface area contributed by atoms with E-state index in [1.165, 1.54) is 11.4 Å². The van der Waals surface area contributed by atoms with E-state index in [4.69, 9.17) is 5.73 Å². The van der Waals surface area contributed by atoms with E-state index in [9.17, 15) is 0 Å². The van der Waals surface area contributed by atoms with Crippen molar-refractivity contribution in [3.63, 3.8) is 0 Å². The lowest BCUT2D eigenvalue weighted by atomic mass is 10.3. The van der Waals surface area contributed by atoms with Crippen LogP contribution >= 0.6 is 0 Å². The zero-order chi connectivity index (χ0) is 11.1. The summed E-state index contributed by atoms with van der Waals surface area (Å²) >= 11 is 0. The average molecular weight is 210 g/mol. The van der Waals surface area contributed by atoms with Crippen LogP contribution in [0.1, 0.15) is 31.7 Å². The lowest BCUT2D eigenvalue weighted by molar-refractivity contribution is 0.572. The molecular formula is C11H22N4. The van der Waals surface area contributed by atoms with Gasteiger partial charge in [-0.15, -0.1) is 0 Å². The quantitative estimate of drug-likeness (QED) is 0.658. The van der Waals surface area contributed by atoms with Crippen molar-refractivity contribution in [3.05, 3.63) is 17.5 Å². The van der Waals surface area contributed by atoms with Crippen LogP contribution in [0, 0.1) is 0 Å². The van der Waals surface area contributed by atoms with Gasteiger partial charge in [-0.2, -0.15) is 5.10 Å². The molecule has 0 aliphatic carbocycles. The Labute approximate surface area is 91.8 Å². The molecule has 1 aromatic heterocycles. The van der Waals surface area contributed by atoms with Crippen LogP contribution in [0.3, 0.4) is 0 Å². The van der Waals surface area contributed by atoms with E-state index >= 15 is 0 Å². The molecule has 86 valence electrons. The van der Waals surface area contributed by atoms with E-state index in [1.807, 2.05) is 0 Å². The third kappa shape index (κ3) is 3.64. The molecule has 0 atom stereocenters. The molecule has 1 heterocycles. The fourth-order valence-electron chi connectivity index (χ4n) is 1.55. The summed E-state index contributed by atoms with van der Waals surface area (Å²) < 4.78 is 2.06. The first-order chi connectivity index (χ1) is 7.31. The highest BCUT2D eigenvalue weighted by molar-refractivity contribution is 5.10. The van der Waals surface area contributed by atoms with Gasteiger partial charge in [0.1, 0.15) is 0 Å². The van der Waals surface area contributed by atoms with Gasteiger partial charge in [-0.05, 0) is 38.9 Å². The Balaban J connectivity index is 2.47. The summed E-state index contributed by atoms with van der Waals surface area (Å²) in [4.78, 5) is 0. The highest BCUT2D eigenvalue weighted by Crippen LogP contribution is 2.05. The second-order valence-corrected chi connectivity index (χ2v) is 3.62. The summed E-state index contributed by atoms with van der Waals surface area (Å²) in [6.07, 6.45) is 2.03. The second-order valence-electron chi connectivity index (χ2n) is 3.62. The molecule has 0 saturated heterocycles. The number of nitrogens with zero attached hydrogens (tertiary/aromatic N) is 2. The Hall–Kier alpha value is -0.870. The van der Waals surface area contributed by atoms with Crippen LogP contribution < -0.4 is 11.1 Å². The predicted molar refractivity (Wildman–Crippen MR) is 62.7 cm³/mol. The highest BCUT2D eigenvalue weighted by atomic mass is 15.3. The molecule has 0 aromatic carbocycles. The SMILES string of the molecule is CCc1cc(CNCCCN)n(CC)n1. The molecule has 15 heavy (non-hydrogen) atoms. The second kappa shape index (κ2) is 6.58. The zero-order valence-corrected chi connectivity index (χ0v) is 9.79. The van der Waals surface area contributed by atoms with Crippen LogP contribution in [0.15, 0.2) is 6.07 Å². The van der Waals surface area contributed by atoms with Gasteiger partial charge < -0.3 is 11.1 Å². The maximum atomic E-state index is 5.43. The molecule has 4 nitrogen and oxygen atoms in total. The van der Waals surface area contributed by atoms with Gasteiger partial charge in [0.05, 0.1) is 11.4 Å². The summed E-state index contributed by atoms with van der Waals surface area (Å²) in [5.41, 5.74) is 7.88. The van der Waals surface area contributed by atoms with Crippen LogP contribution in [-0.2, 0) is 19.5 Å². The molecule has 4 heteroatoms. The van der Waals surface area contributed by atoms with Crippen LogP contribution in [-0.4, -0.2) is 22.9 Å². The fourth-order valence-corrected chi connectivity index (χ4v) is 1.55. The van der Waals surface area contributed by atoms with Gasteiger partial charge in [-0.3, -0.25) is 4.68 Å². The minimum absolute atomic E-state index is 0.750. The molecule has 0 spiro atoms. The number of hydrogen-bond donors (Lipinski definition) is 2. The molecule has 0 saturated carbocycles. The van der Waals surface area contributed by atoms with Crippen molar-refractivity contribution in [2.45, 2.75) is 39.8 Å². The van der Waals surface area contributed by atoms with Crippen molar-refractivity contribution < 1.29 is 0 Å². The van der Waals surface area contributed by atoms with Crippen molar-refractivity contribution in [2.75, 3.05) is 13.1 Å². The van der Waals surface area contributed by atoms with E-state index in [0.29, 0.717) is 0 Å². The molecular weight excluding hydrogens is 188 g/mol. The topological polar surface area (TPSA) is 55.9 Å². The largest absolute Gasteiger partial charge is 0.330 e. The Morgan fingerprint density at radius 2 is 2.27 bits per heavy atom. The first kappa shape index (κ1) is 12.2. The highest BCUT2D eigenvalue weighted by Gasteiger charge is 2.04. The predicted octanol–water partition coefficient (Wildman–Crippen LogP) is 0.904. The number of nitrogens with two attached hydrogens (primary N) is 1. The van der Waals surface area contributed by atoms with Gasteiger partial charge in [0.25, 0.3) is 0 Å². The standard InChI is InChI=1S/C11H22N4/c1-3-10-8-11(15(4-2)14-10)9-13-7-5-6-12/h8,13H,3-7,9,12H2,1-2H3. The zero-order valence-electron chi connectivity index (χ0n) is 9.79. The van der Waals surface area contributed by atoms with Gasteiger partial charge >= 0.3 is 0 Å². The lowest BCUT2D eigenvalue weighted by Crippen LogP contribution is -2.19. The van der Waals surface area contributed by atoms with Gasteiger partial charge in [-0.1, -0.05) is 6.92 Å². The monoisotopic (exact) mass is 210 g/mol. The van der Waals surface area contributed by atoms with E-state index < -0.39 is 0 Å². The van der Waals surface area contributed by atoms with Crippen molar-refractivity contribution in [1.82, 2.24) is 15.1 Å². The summed E-state index contributed by atoms with van der Waals surface area (Å²) in [6, 6.07) is 2.18. The van der Waals surface area contributed by atoms with Crippen molar-refractivity contribution in [1.29, 1.82) is 0 Å². The minimum Gasteiger partial charge on any atom is -0.330 e. The first-order valence-electron chi connectivity index (χ1n) is 5.78. The minimum atomic E-state index is 0.750. The summed E-state index contributed by atoms with van der Waals surface area (Å²) in [5, 5.41) is 7.87. The molecule has 0 aliphatic rings. The molecule has 0 radical (unpaired) electrons. The van der Waals surface area contributed by atoms with Gasteiger partial charge in [0.2, 0.25) is 0 Å². The fraction of sp³-hybridized carbons (Fsp3) is 0.727. The van der Waals surface area contributed by atoms with Crippen molar-refractivity contribution in [3.8, 4) is 0 Å². The Morgan fingerprint density at radius 3 is 2.87 bits per heavy atom. The van der Waals surface area contributed by atoms with E-state index in [1.54, 1.807) is 0 Å². The molecule has 3 N–H and O–H groups in total. The molecule has 0 unspecified atom stereocenters. The third-order valence-electron chi connectivity index (χ3n) is 2.44. The Kier molecular flexibility index (Phi) is 5.36. The normalized spacial score (nSPS) is 10.9. The number of rotatable bonds is 7. The smallest absolute Gasteiger partial charge is 0.0625 e. The van der Waals surface area contributed by atoms with Crippen LogP contribution in [0.2, 0.25) is 0 Å². The van der Waals surface area contributed by atoms with Gasteiger partial charge in [-0.25, -0.2) is 0 Å². The molecule has 0 fully saturated rings. The number of aromatic nitrogens is 2. The number of hydrogen-bond acceptors (Lipinski definition) is 3. The average Bonchev–Trinajstić information content (AvgIpc) is 2.67. The molecule has 1 aromatic rings. The third-order valence-corrected chi connectivity index (χ3v) is 2.44. The maximum absolute atomic E-state index is 5.43. The Morgan fingerprint density at radius 1 is 1.47 bits per heavy atom. The van der Waals surface area contributed by atoms with Crippen molar-refractivity contribution in [2.24, 2.45) is 5.73 Å². The first-order valence-corrected chi connectivity index (χ1v) is 5.78. The maximum Gasteiger partial charge on any atom is 0.0625 e. The van der Waals surface area contributed by atoms with Gasteiger partial charge in [0, 0.05) is 13.1 Å². The molecule has 0 amide bonds. The summed E-state index contributed by atoms with van der Waals surface area (Å²) in [6.45, 7) is 7.81. The van der Waals surface area contributed by atoms with E-state index in [2.05, 4.69) is 35.0 Å². The number of aryl methyl sites for hydroxylation is 2.